The quantitative estimate of drug-likeness (QED) is 0.482. The predicted molar refractivity (Wildman–Crippen MR) is 115 cm³/mol. The second-order valence-electron chi connectivity index (χ2n) is 6.98. The molecule has 2 aromatic carbocycles. The number of guanidine groups is 1. The van der Waals surface area contributed by atoms with E-state index in [1.54, 1.807) is 7.05 Å². The summed E-state index contributed by atoms with van der Waals surface area (Å²) in [5, 5.41) is 9.16. The molecule has 0 heterocycles. The molecule has 2 rings (SSSR count). The molecule has 0 aromatic heterocycles. The number of hydrogen-bond donors (Lipinski definition) is 3. The van der Waals surface area contributed by atoms with E-state index >= 15 is 0 Å². The summed E-state index contributed by atoms with van der Waals surface area (Å²) in [6, 6.07) is 17.4. The topological polar surface area (TPSA) is 74.8 Å². The molecule has 0 radical (unpaired) electrons. The SMILES string of the molecule is CN=C(NCC(=O)Nc1ccccc1)NC(C)c1ccc(OCC(C)C)cc1. The first kappa shape index (κ1) is 21.3. The number of rotatable bonds is 8. The molecule has 1 amide bonds. The molecule has 6 nitrogen and oxygen atoms in total. The van der Waals surface area contributed by atoms with Crippen LogP contribution < -0.4 is 20.7 Å². The summed E-state index contributed by atoms with van der Waals surface area (Å²) in [6.07, 6.45) is 0. The summed E-state index contributed by atoms with van der Waals surface area (Å²) in [4.78, 5) is 16.3. The number of nitrogens with one attached hydrogen (secondary N) is 3. The maximum atomic E-state index is 12.1. The van der Waals surface area contributed by atoms with Gasteiger partial charge < -0.3 is 20.7 Å². The first-order valence-corrected chi connectivity index (χ1v) is 9.52. The molecular weight excluding hydrogens is 352 g/mol. The Labute approximate surface area is 167 Å². The highest BCUT2D eigenvalue weighted by atomic mass is 16.5. The highest BCUT2D eigenvalue weighted by molar-refractivity contribution is 5.95. The van der Waals surface area contributed by atoms with Crippen LogP contribution >= 0.6 is 0 Å². The van der Waals surface area contributed by atoms with Gasteiger partial charge in [-0.1, -0.05) is 44.2 Å². The molecule has 0 saturated carbocycles. The van der Waals surface area contributed by atoms with Crippen LogP contribution in [0.25, 0.3) is 0 Å². The van der Waals surface area contributed by atoms with E-state index in [1.165, 1.54) is 0 Å². The van der Waals surface area contributed by atoms with Crippen LogP contribution in [0.1, 0.15) is 32.4 Å². The van der Waals surface area contributed by atoms with Gasteiger partial charge in [0.15, 0.2) is 5.96 Å². The lowest BCUT2D eigenvalue weighted by atomic mass is 10.1. The second-order valence-corrected chi connectivity index (χ2v) is 6.98. The number of carbonyl (C=O) groups excluding carboxylic acids is 1. The monoisotopic (exact) mass is 382 g/mol. The van der Waals surface area contributed by atoms with Crippen molar-refractivity contribution >= 4 is 17.6 Å². The lowest BCUT2D eigenvalue weighted by Crippen LogP contribution is -2.42. The van der Waals surface area contributed by atoms with Gasteiger partial charge in [0.05, 0.1) is 19.2 Å². The van der Waals surface area contributed by atoms with Gasteiger partial charge in [0.2, 0.25) is 5.91 Å². The van der Waals surface area contributed by atoms with Gasteiger partial charge in [-0.25, -0.2) is 0 Å². The molecule has 1 unspecified atom stereocenters. The summed E-state index contributed by atoms with van der Waals surface area (Å²) in [5.41, 5.74) is 1.87. The van der Waals surface area contributed by atoms with E-state index in [1.807, 2.05) is 61.5 Å². The number of nitrogens with zero attached hydrogens (tertiary/aromatic N) is 1. The summed E-state index contributed by atoms with van der Waals surface area (Å²) in [6.45, 7) is 7.12. The van der Waals surface area contributed by atoms with Gasteiger partial charge in [-0.15, -0.1) is 0 Å². The van der Waals surface area contributed by atoms with Crippen molar-refractivity contribution in [2.24, 2.45) is 10.9 Å². The maximum Gasteiger partial charge on any atom is 0.243 e. The molecule has 0 spiro atoms. The van der Waals surface area contributed by atoms with Crippen LogP contribution in [0, 0.1) is 5.92 Å². The number of aliphatic imine (C=N–C) groups is 1. The number of para-hydroxylation sites is 1. The molecule has 3 N–H and O–H groups in total. The van der Waals surface area contributed by atoms with Crippen LogP contribution in [0.3, 0.4) is 0 Å². The van der Waals surface area contributed by atoms with Gasteiger partial charge in [-0.05, 0) is 42.7 Å². The van der Waals surface area contributed by atoms with Crippen molar-refractivity contribution < 1.29 is 9.53 Å². The lowest BCUT2D eigenvalue weighted by Gasteiger charge is -2.18. The van der Waals surface area contributed by atoms with Crippen molar-refractivity contribution in [2.45, 2.75) is 26.8 Å². The first-order chi connectivity index (χ1) is 13.5. The Morgan fingerprint density at radius 1 is 1.04 bits per heavy atom. The third kappa shape index (κ3) is 7.31. The molecule has 0 aliphatic heterocycles. The van der Waals surface area contributed by atoms with E-state index in [-0.39, 0.29) is 18.5 Å². The fourth-order valence-corrected chi connectivity index (χ4v) is 2.49. The number of benzene rings is 2. The van der Waals surface area contributed by atoms with Crippen molar-refractivity contribution in [2.75, 3.05) is 25.5 Å². The Hall–Kier alpha value is -3.02. The Kier molecular flexibility index (Phi) is 8.34. The summed E-state index contributed by atoms with van der Waals surface area (Å²) < 4.78 is 5.72. The Bertz CT molecular complexity index is 758. The molecule has 2 aromatic rings. The molecule has 28 heavy (non-hydrogen) atoms. The predicted octanol–water partition coefficient (Wildman–Crippen LogP) is 3.59. The Balaban J connectivity index is 1.82. The van der Waals surface area contributed by atoms with Crippen LogP contribution in [-0.4, -0.2) is 32.1 Å². The molecule has 0 saturated heterocycles. The minimum absolute atomic E-state index is 0.0301. The van der Waals surface area contributed by atoms with Crippen molar-refractivity contribution in [1.82, 2.24) is 10.6 Å². The zero-order valence-electron chi connectivity index (χ0n) is 17.0. The number of anilines is 1. The van der Waals surface area contributed by atoms with E-state index in [0.717, 1.165) is 17.0 Å². The minimum Gasteiger partial charge on any atom is -0.493 e. The fraction of sp³-hybridized carbons (Fsp3) is 0.364. The van der Waals surface area contributed by atoms with Gasteiger partial charge in [-0.3, -0.25) is 9.79 Å². The van der Waals surface area contributed by atoms with E-state index in [2.05, 4.69) is 34.8 Å². The van der Waals surface area contributed by atoms with Crippen LogP contribution in [0.5, 0.6) is 5.75 Å². The molecule has 6 heteroatoms. The zero-order chi connectivity index (χ0) is 20.4. The van der Waals surface area contributed by atoms with Gasteiger partial charge in [0.25, 0.3) is 0 Å². The number of ether oxygens (including phenoxy) is 1. The van der Waals surface area contributed by atoms with Gasteiger partial charge in [0, 0.05) is 12.7 Å². The smallest absolute Gasteiger partial charge is 0.243 e. The number of hydrogen-bond acceptors (Lipinski definition) is 3. The van der Waals surface area contributed by atoms with Crippen LogP contribution in [0.15, 0.2) is 59.6 Å². The third-order valence-electron chi connectivity index (χ3n) is 4.01. The minimum atomic E-state index is -0.131. The lowest BCUT2D eigenvalue weighted by molar-refractivity contribution is -0.115. The molecule has 0 aliphatic rings. The highest BCUT2D eigenvalue weighted by Crippen LogP contribution is 2.18. The van der Waals surface area contributed by atoms with Crippen molar-refractivity contribution in [1.29, 1.82) is 0 Å². The molecule has 0 aliphatic carbocycles. The molecule has 0 fully saturated rings. The standard InChI is InChI=1S/C22H30N4O2/c1-16(2)15-28-20-12-10-18(11-13-20)17(3)25-22(23-4)24-14-21(27)26-19-8-6-5-7-9-19/h5-13,16-17H,14-15H2,1-4H3,(H,26,27)(H2,23,24,25). The van der Waals surface area contributed by atoms with E-state index < -0.39 is 0 Å². The normalized spacial score (nSPS) is 12.4. The Morgan fingerprint density at radius 3 is 2.32 bits per heavy atom. The maximum absolute atomic E-state index is 12.1. The number of amides is 1. The first-order valence-electron chi connectivity index (χ1n) is 9.52. The largest absolute Gasteiger partial charge is 0.493 e. The van der Waals surface area contributed by atoms with E-state index in [9.17, 15) is 4.79 Å². The van der Waals surface area contributed by atoms with Crippen LogP contribution in [0.4, 0.5) is 5.69 Å². The fourth-order valence-electron chi connectivity index (χ4n) is 2.49. The molecular formula is C22H30N4O2. The van der Waals surface area contributed by atoms with Crippen molar-refractivity contribution in [3.05, 3.63) is 60.2 Å². The highest BCUT2D eigenvalue weighted by Gasteiger charge is 2.10. The summed E-state index contributed by atoms with van der Waals surface area (Å²) in [7, 11) is 1.68. The Morgan fingerprint density at radius 2 is 1.71 bits per heavy atom. The van der Waals surface area contributed by atoms with Crippen molar-refractivity contribution in [3.8, 4) is 5.75 Å². The van der Waals surface area contributed by atoms with Crippen LogP contribution in [0.2, 0.25) is 0 Å². The molecule has 1 atom stereocenters. The van der Waals surface area contributed by atoms with E-state index in [0.29, 0.717) is 18.5 Å². The van der Waals surface area contributed by atoms with Crippen LogP contribution in [-0.2, 0) is 4.79 Å². The number of carbonyl (C=O) groups is 1. The van der Waals surface area contributed by atoms with E-state index in [4.69, 9.17) is 4.74 Å². The third-order valence-corrected chi connectivity index (χ3v) is 4.01. The summed E-state index contributed by atoms with van der Waals surface area (Å²) in [5.74, 6) is 1.79. The van der Waals surface area contributed by atoms with Crippen molar-refractivity contribution in [3.63, 3.8) is 0 Å². The second kappa shape index (κ2) is 11.0. The molecule has 150 valence electrons. The van der Waals surface area contributed by atoms with Gasteiger partial charge >= 0.3 is 0 Å². The zero-order valence-corrected chi connectivity index (χ0v) is 17.0. The molecule has 0 bridgehead atoms. The van der Waals surface area contributed by atoms with Gasteiger partial charge in [0.1, 0.15) is 5.75 Å². The summed E-state index contributed by atoms with van der Waals surface area (Å²) >= 11 is 0. The average molecular weight is 383 g/mol. The average Bonchev–Trinajstić information content (AvgIpc) is 2.70. The van der Waals surface area contributed by atoms with Gasteiger partial charge in [-0.2, -0.15) is 0 Å².